The zero-order chi connectivity index (χ0) is 10.7. The summed E-state index contributed by atoms with van der Waals surface area (Å²) in [7, 11) is 0. The number of hydrogen-bond donors (Lipinski definition) is 1. The molecule has 2 nitrogen and oxygen atoms in total. The second-order valence-electron chi connectivity index (χ2n) is 4.31. The van der Waals surface area contributed by atoms with Crippen molar-refractivity contribution < 1.29 is 0 Å². The maximum Gasteiger partial charge on any atom is 0.0931 e. The molecule has 0 spiro atoms. The van der Waals surface area contributed by atoms with Gasteiger partial charge in [0.15, 0.2) is 0 Å². The molecule has 0 amide bonds. The minimum Gasteiger partial charge on any atom is -0.330 e. The number of aromatic nitrogens is 1. The van der Waals surface area contributed by atoms with Crippen LogP contribution in [-0.4, -0.2) is 11.5 Å². The van der Waals surface area contributed by atoms with Gasteiger partial charge >= 0.3 is 0 Å². The Morgan fingerprint density at radius 2 is 2.40 bits per heavy atom. The van der Waals surface area contributed by atoms with Crippen molar-refractivity contribution in [2.45, 2.75) is 51.4 Å². The van der Waals surface area contributed by atoms with Crippen LogP contribution in [0.3, 0.4) is 0 Å². The summed E-state index contributed by atoms with van der Waals surface area (Å²) in [4.78, 5) is 6.36. The fraction of sp³-hybridized carbons (Fsp3) is 0.750. The summed E-state index contributed by atoms with van der Waals surface area (Å²) in [6.45, 7) is 3.06. The van der Waals surface area contributed by atoms with Crippen LogP contribution in [0.25, 0.3) is 0 Å². The highest BCUT2D eigenvalue weighted by Gasteiger charge is 2.22. The van der Waals surface area contributed by atoms with Crippen molar-refractivity contribution in [1.82, 2.24) is 4.98 Å². The highest BCUT2D eigenvalue weighted by molar-refractivity contribution is 7.11. The molecule has 1 aliphatic rings. The SMILES string of the molecule is CCC1CCCc2sc(CCCN)nc21. The van der Waals surface area contributed by atoms with Crippen LogP contribution in [0.15, 0.2) is 0 Å². The molecular formula is C12H20N2S. The van der Waals surface area contributed by atoms with E-state index in [0.717, 1.165) is 25.3 Å². The zero-order valence-electron chi connectivity index (χ0n) is 9.46. The van der Waals surface area contributed by atoms with Gasteiger partial charge < -0.3 is 5.73 Å². The van der Waals surface area contributed by atoms with Crippen molar-refractivity contribution in [3.8, 4) is 0 Å². The lowest BCUT2D eigenvalue weighted by molar-refractivity contribution is 0.532. The van der Waals surface area contributed by atoms with E-state index in [1.807, 2.05) is 11.3 Å². The molecule has 1 unspecified atom stereocenters. The second-order valence-corrected chi connectivity index (χ2v) is 5.47. The van der Waals surface area contributed by atoms with E-state index in [1.165, 1.54) is 36.4 Å². The first-order chi connectivity index (χ1) is 7.35. The van der Waals surface area contributed by atoms with Gasteiger partial charge in [-0.05, 0) is 38.6 Å². The van der Waals surface area contributed by atoms with E-state index in [9.17, 15) is 0 Å². The number of rotatable bonds is 4. The Hall–Kier alpha value is -0.410. The molecule has 0 aliphatic heterocycles. The van der Waals surface area contributed by atoms with Gasteiger partial charge in [-0.1, -0.05) is 6.92 Å². The Morgan fingerprint density at radius 3 is 3.13 bits per heavy atom. The Labute approximate surface area is 95.9 Å². The van der Waals surface area contributed by atoms with Gasteiger partial charge in [0.1, 0.15) is 0 Å². The number of thiazole rings is 1. The molecule has 0 bridgehead atoms. The van der Waals surface area contributed by atoms with Gasteiger partial charge in [0.2, 0.25) is 0 Å². The first-order valence-electron chi connectivity index (χ1n) is 6.03. The van der Waals surface area contributed by atoms with Gasteiger partial charge in [-0.2, -0.15) is 0 Å². The van der Waals surface area contributed by atoms with Gasteiger partial charge in [0.25, 0.3) is 0 Å². The van der Waals surface area contributed by atoms with E-state index >= 15 is 0 Å². The monoisotopic (exact) mass is 224 g/mol. The summed E-state index contributed by atoms with van der Waals surface area (Å²) in [5.74, 6) is 0.733. The largest absolute Gasteiger partial charge is 0.330 e. The molecule has 1 heterocycles. The number of hydrogen-bond acceptors (Lipinski definition) is 3. The Balaban J connectivity index is 2.14. The normalized spacial score (nSPS) is 20.3. The average molecular weight is 224 g/mol. The summed E-state index contributed by atoms with van der Waals surface area (Å²) < 4.78 is 0. The molecule has 1 atom stereocenters. The van der Waals surface area contributed by atoms with Gasteiger partial charge in [-0.3, -0.25) is 0 Å². The Kier molecular flexibility index (Phi) is 3.76. The smallest absolute Gasteiger partial charge is 0.0931 e. The summed E-state index contributed by atoms with van der Waals surface area (Å²) in [5.41, 5.74) is 6.95. The van der Waals surface area contributed by atoms with Crippen molar-refractivity contribution in [1.29, 1.82) is 0 Å². The number of nitrogens with zero attached hydrogens (tertiary/aromatic N) is 1. The quantitative estimate of drug-likeness (QED) is 0.854. The van der Waals surface area contributed by atoms with E-state index in [2.05, 4.69) is 6.92 Å². The van der Waals surface area contributed by atoms with Gasteiger partial charge in [-0.15, -0.1) is 11.3 Å². The number of fused-ring (bicyclic) bond motifs is 1. The fourth-order valence-electron chi connectivity index (χ4n) is 2.32. The van der Waals surface area contributed by atoms with Crippen LogP contribution in [0, 0.1) is 0 Å². The Morgan fingerprint density at radius 1 is 1.53 bits per heavy atom. The molecule has 0 saturated carbocycles. The molecule has 1 aliphatic carbocycles. The van der Waals surface area contributed by atoms with Crippen molar-refractivity contribution in [3.63, 3.8) is 0 Å². The van der Waals surface area contributed by atoms with Crippen LogP contribution in [0.4, 0.5) is 0 Å². The van der Waals surface area contributed by atoms with E-state index < -0.39 is 0 Å². The summed E-state index contributed by atoms with van der Waals surface area (Å²) in [6, 6.07) is 0. The average Bonchev–Trinajstić information content (AvgIpc) is 2.68. The molecule has 1 aromatic heterocycles. The third kappa shape index (κ3) is 2.40. The van der Waals surface area contributed by atoms with Crippen LogP contribution in [-0.2, 0) is 12.8 Å². The Bertz CT molecular complexity index is 319. The van der Waals surface area contributed by atoms with E-state index in [4.69, 9.17) is 10.7 Å². The summed E-state index contributed by atoms with van der Waals surface area (Å²) in [6.07, 6.45) is 7.33. The highest BCUT2D eigenvalue weighted by atomic mass is 32.1. The van der Waals surface area contributed by atoms with Crippen molar-refractivity contribution in [3.05, 3.63) is 15.6 Å². The van der Waals surface area contributed by atoms with Crippen LogP contribution in [0.5, 0.6) is 0 Å². The van der Waals surface area contributed by atoms with Gasteiger partial charge in [0.05, 0.1) is 10.7 Å². The second kappa shape index (κ2) is 5.08. The van der Waals surface area contributed by atoms with E-state index in [0.29, 0.717) is 0 Å². The maximum atomic E-state index is 5.53. The summed E-state index contributed by atoms with van der Waals surface area (Å²) >= 11 is 1.93. The molecule has 1 aromatic rings. The lowest BCUT2D eigenvalue weighted by Gasteiger charge is -2.18. The van der Waals surface area contributed by atoms with Gasteiger partial charge in [-0.25, -0.2) is 4.98 Å². The molecule has 2 rings (SSSR count). The van der Waals surface area contributed by atoms with Crippen molar-refractivity contribution >= 4 is 11.3 Å². The predicted molar refractivity (Wildman–Crippen MR) is 65.5 cm³/mol. The van der Waals surface area contributed by atoms with E-state index in [-0.39, 0.29) is 0 Å². The molecule has 0 aromatic carbocycles. The predicted octanol–water partition coefficient (Wildman–Crippen LogP) is 2.86. The first kappa shape index (κ1) is 11.1. The van der Waals surface area contributed by atoms with Crippen LogP contribution < -0.4 is 5.73 Å². The summed E-state index contributed by atoms with van der Waals surface area (Å²) in [5, 5.41) is 1.31. The standard InChI is InChI=1S/C12H20N2S/c1-2-9-5-3-6-10-12(9)14-11(15-10)7-4-8-13/h9H,2-8,13H2,1H3. The number of aryl methyl sites for hydroxylation is 2. The van der Waals surface area contributed by atoms with Crippen LogP contribution >= 0.6 is 11.3 Å². The minimum absolute atomic E-state index is 0.733. The zero-order valence-corrected chi connectivity index (χ0v) is 10.3. The third-order valence-electron chi connectivity index (χ3n) is 3.20. The molecule has 15 heavy (non-hydrogen) atoms. The van der Waals surface area contributed by atoms with Crippen molar-refractivity contribution in [2.24, 2.45) is 5.73 Å². The van der Waals surface area contributed by atoms with E-state index in [1.54, 1.807) is 4.88 Å². The minimum atomic E-state index is 0.733. The molecule has 0 radical (unpaired) electrons. The molecular weight excluding hydrogens is 204 g/mol. The fourth-order valence-corrected chi connectivity index (χ4v) is 3.55. The van der Waals surface area contributed by atoms with Gasteiger partial charge in [0, 0.05) is 17.2 Å². The first-order valence-corrected chi connectivity index (χ1v) is 6.85. The molecule has 84 valence electrons. The van der Waals surface area contributed by atoms with Crippen LogP contribution in [0.2, 0.25) is 0 Å². The van der Waals surface area contributed by atoms with Crippen LogP contribution in [0.1, 0.15) is 54.1 Å². The van der Waals surface area contributed by atoms with Crippen molar-refractivity contribution in [2.75, 3.05) is 6.54 Å². The molecule has 3 heteroatoms. The topological polar surface area (TPSA) is 38.9 Å². The lowest BCUT2D eigenvalue weighted by atomic mass is 9.89. The maximum absolute atomic E-state index is 5.53. The third-order valence-corrected chi connectivity index (χ3v) is 4.39. The molecule has 0 fully saturated rings. The number of nitrogens with two attached hydrogens (primary N) is 1. The lowest BCUT2D eigenvalue weighted by Crippen LogP contribution is -2.07. The molecule has 0 saturated heterocycles. The molecule has 2 N–H and O–H groups in total. The highest BCUT2D eigenvalue weighted by Crippen LogP contribution is 2.36.